The van der Waals surface area contributed by atoms with E-state index >= 15 is 0 Å². The number of furan rings is 1. The Hall–Kier alpha value is -1.65. The highest BCUT2D eigenvalue weighted by atomic mass is 19.1. The molecule has 2 rings (SSSR count). The van der Waals surface area contributed by atoms with Crippen molar-refractivity contribution in [1.29, 1.82) is 0 Å². The van der Waals surface area contributed by atoms with E-state index in [-0.39, 0.29) is 5.82 Å². The lowest BCUT2D eigenvalue weighted by atomic mass is 10.1. The molecule has 0 aliphatic rings. The van der Waals surface area contributed by atoms with Gasteiger partial charge in [-0.1, -0.05) is 6.07 Å². The molecule has 1 aromatic carbocycles. The highest BCUT2D eigenvalue weighted by molar-refractivity contribution is 5.28. The van der Waals surface area contributed by atoms with E-state index in [9.17, 15) is 4.39 Å². The Kier molecular flexibility index (Phi) is 4.35. The first-order valence-corrected chi connectivity index (χ1v) is 6.29. The van der Waals surface area contributed by atoms with Gasteiger partial charge in [0.1, 0.15) is 11.6 Å². The smallest absolute Gasteiger partial charge is 0.123 e. The van der Waals surface area contributed by atoms with Crippen LogP contribution in [0.1, 0.15) is 22.5 Å². The topological polar surface area (TPSA) is 42.4 Å². The zero-order valence-corrected chi connectivity index (χ0v) is 11.3. The van der Waals surface area contributed by atoms with Gasteiger partial charge in [-0.05, 0) is 43.3 Å². The van der Waals surface area contributed by atoms with Crippen molar-refractivity contribution < 1.29 is 8.81 Å². The van der Waals surface area contributed by atoms with Gasteiger partial charge in [0.15, 0.2) is 0 Å². The number of nitrogens with zero attached hydrogens (tertiary/aromatic N) is 1. The van der Waals surface area contributed by atoms with Crippen LogP contribution in [-0.4, -0.2) is 11.9 Å². The molecule has 0 amide bonds. The summed E-state index contributed by atoms with van der Waals surface area (Å²) in [5.41, 5.74) is 8.74. The highest BCUT2D eigenvalue weighted by Crippen LogP contribution is 2.16. The van der Waals surface area contributed by atoms with Gasteiger partial charge in [-0.25, -0.2) is 4.39 Å². The molecule has 0 radical (unpaired) electrons. The standard InChI is InChI=1S/C15H19FN2O/c1-11-12(5-6-19-11)9-18(2)10-13-3-4-15(16)7-14(13)8-17/h3-7H,8-10,17H2,1-2H3. The zero-order valence-electron chi connectivity index (χ0n) is 11.3. The quantitative estimate of drug-likeness (QED) is 0.901. The summed E-state index contributed by atoms with van der Waals surface area (Å²) in [4.78, 5) is 2.16. The van der Waals surface area contributed by atoms with E-state index < -0.39 is 0 Å². The Bertz CT molecular complexity index is 551. The minimum atomic E-state index is -0.238. The predicted molar refractivity (Wildman–Crippen MR) is 72.9 cm³/mol. The molecule has 0 saturated carbocycles. The van der Waals surface area contributed by atoms with Gasteiger partial charge in [-0.2, -0.15) is 0 Å². The number of hydrogen-bond acceptors (Lipinski definition) is 3. The molecule has 2 aromatic rings. The largest absolute Gasteiger partial charge is 0.469 e. The van der Waals surface area contributed by atoms with Crippen LogP contribution >= 0.6 is 0 Å². The molecule has 0 fully saturated rings. The molecular formula is C15H19FN2O. The maximum atomic E-state index is 13.1. The van der Waals surface area contributed by atoms with Gasteiger partial charge in [0.25, 0.3) is 0 Å². The minimum Gasteiger partial charge on any atom is -0.469 e. The lowest BCUT2D eigenvalue weighted by Gasteiger charge is -2.18. The van der Waals surface area contributed by atoms with Gasteiger partial charge in [0.2, 0.25) is 0 Å². The number of rotatable bonds is 5. The Morgan fingerprint density at radius 2 is 1.89 bits per heavy atom. The van der Waals surface area contributed by atoms with Crippen molar-refractivity contribution in [3.8, 4) is 0 Å². The summed E-state index contributed by atoms with van der Waals surface area (Å²) in [6.45, 7) is 3.83. The normalized spacial score (nSPS) is 11.2. The second-order valence-corrected chi connectivity index (χ2v) is 4.79. The van der Waals surface area contributed by atoms with Crippen LogP contribution < -0.4 is 5.73 Å². The summed E-state index contributed by atoms with van der Waals surface area (Å²) in [5, 5.41) is 0. The first-order valence-electron chi connectivity index (χ1n) is 6.29. The molecular weight excluding hydrogens is 243 g/mol. The van der Waals surface area contributed by atoms with Crippen LogP contribution in [0.15, 0.2) is 34.9 Å². The first kappa shape index (κ1) is 13.8. The van der Waals surface area contributed by atoms with Gasteiger partial charge in [0.05, 0.1) is 6.26 Å². The third kappa shape index (κ3) is 3.43. The van der Waals surface area contributed by atoms with Crippen LogP contribution in [-0.2, 0) is 19.6 Å². The average molecular weight is 262 g/mol. The Labute approximate surface area is 112 Å². The molecule has 4 heteroatoms. The van der Waals surface area contributed by atoms with Crippen molar-refractivity contribution in [3.63, 3.8) is 0 Å². The molecule has 102 valence electrons. The Morgan fingerprint density at radius 1 is 1.16 bits per heavy atom. The van der Waals surface area contributed by atoms with E-state index in [2.05, 4.69) is 4.90 Å². The summed E-state index contributed by atoms with van der Waals surface area (Å²) in [7, 11) is 2.02. The van der Waals surface area contributed by atoms with Crippen molar-refractivity contribution in [2.45, 2.75) is 26.6 Å². The molecule has 1 aromatic heterocycles. The summed E-state index contributed by atoms with van der Waals surface area (Å²) in [6, 6.07) is 6.76. The van der Waals surface area contributed by atoms with Gasteiger partial charge in [0, 0.05) is 25.2 Å². The van der Waals surface area contributed by atoms with Crippen molar-refractivity contribution in [1.82, 2.24) is 4.90 Å². The average Bonchev–Trinajstić information content (AvgIpc) is 2.77. The number of aryl methyl sites for hydroxylation is 1. The molecule has 0 aliphatic carbocycles. The zero-order chi connectivity index (χ0) is 13.8. The SMILES string of the molecule is Cc1occc1CN(C)Cc1ccc(F)cc1CN. The molecule has 0 aliphatic heterocycles. The molecule has 0 atom stereocenters. The summed E-state index contributed by atoms with van der Waals surface area (Å²) in [6.07, 6.45) is 1.70. The van der Waals surface area contributed by atoms with Crippen molar-refractivity contribution in [2.24, 2.45) is 5.73 Å². The fraction of sp³-hybridized carbons (Fsp3) is 0.333. The number of nitrogens with two attached hydrogens (primary N) is 1. The van der Waals surface area contributed by atoms with E-state index in [1.807, 2.05) is 20.0 Å². The molecule has 0 unspecified atom stereocenters. The van der Waals surface area contributed by atoms with Gasteiger partial charge in [-0.3, -0.25) is 4.90 Å². The highest BCUT2D eigenvalue weighted by Gasteiger charge is 2.09. The van der Waals surface area contributed by atoms with Crippen molar-refractivity contribution in [3.05, 3.63) is 58.8 Å². The number of benzene rings is 1. The maximum absolute atomic E-state index is 13.1. The van der Waals surface area contributed by atoms with Crippen LogP contribution in [0.5, 0.6) is 0 Å². The second-order valence-electron chi connectivity index (χ2n) is 4.79. The second kappa shape index (κ2) is 5.99. The van der Waals surface area contributed by atoms with Crippen LogP contribution in [0, 0.1) is 12.7 Å². The fourth-order valence-corrected chi connectivity index (χ4v) is 2.15. The van der Waals surface area contributed by atoms with Gasteiger partial charge >= 0.3 is 0 Å². The Morgan fingerprint density at radius 3 is 2.53 bits per heavy atom. The third-order valence-electron chi connectivity index (χ3n) is 3.24. The number of hydrogen-bond donors (Lipinski definition) is 1. The van der Waals surface area contributed by atoms with E-state index in [1.165, 1.54) is 17.7 Å². The van der Waals surface area contributed by atoms with Crippen molar-refractivity contribution >= 4 is 0 Å². The van der Waals surface area contributed by atoms with E-state index in [0.717, 1.165) is 30.0 Å². The minimum absolute atomic E-state index is 0.238. The van der Waals surface area contributed by atoms with Crippen LogP contribution in [0.25, 0.3) is 0 Å². The van der Waals surface area contributed by atoms with Crippen LogP contribution in [0.4, 0.5) is 4.39 Å². The van der Waals surface area contributed by atoms with Gasteiger partial charge in [-0.15, -0.1) is 0 Å². The summed E-state index contributed by atoms with van der Waals surface area (Å²) < 4.78 is 18.4. The summed E-state index contributed by atoms with van der Waals surface area (Å²) in [5.74, 6) is 0.697. The molecule has 0 bridgehead atoms. The fourth-order valence-electron chi connectivity index (χ4n) is 2.15. The lowest BCUT2D eigenvalue weighted by Crippen LogP contribution is -2.19. The maximum Gasteiger partial charge on any atom is 0.123 e. The number of halogens is 1. The van der Waals surface area contributed by atoms with Crippen LogP contribution in [0.3, 0.4) is 0 Å². The molecule has 0 spiro atoms. The third-order valence-corrected chi connectivity index (χ3v) is 3.24. The molecule has 0 saturated heterocycles. The molecule has 19 heavy (non-hydrogen) atoms. The van der Waals surface area contributed by atoms with E-state index in [0.29, 0.717) is 6.54 Å². The van der Waals surface area contributed by atoms with E-state index in [4.69, 9.17) is 10.2 Å². The molecule has 2 N–H and O–H groups in total. The molecule has 1 heterocycles. The lowest BCUT2D eigenvalue weighted by molar-refractivity contribution is 0.315. The van der Waals surface area contributed by atoms with Gasteiger partial charge < -0.3 is 10.2 Å². The van der Waals surface area contributed by atoms with Crippen LogP contribution in [0.2, 0.25) is 0 Å². The molecule has 3 nitrogen and oxygen atoms in total. The van der Waals surface area contributed by atoms with E-state index in [1.54, 1.807) is 12.3 Å². The Balaban J connectivity index is 2.06. The monoisotopic (exact) mass is 262 g/mol. The van der Waals surface area contributed by atoms with Crippen molar-refractivity contribution in [2.75, 3.05) is 7.05 Å². The first-order chi connectivity index (χ1) is 9.10. The predicted octanol–water partition coefficient (Wildman–Crippen LogP) is 2.82. The summed E-state index contributed by atoms with van der Waals surface area (Å²) >= 11 is 0.